The third-order valence-corrected chi connectivity index (χ3v) is 10.4. The Labute approximate surface area is 219 Å². The summed E-state index contributed by atoms with van der Waals surface area (Å²) in [6.45, 7) is 6.87. The summed E-state index contributed by atoms with van der Waals surface area (Å²) in [5.74, 6) is 0.480. The summed E-state index contributed by atoms with van der Waals surface area (Å²) >= 11 is 7.10. The molecular formula is C26H38ClN3O3S2. The second-order valence-electron chi connectivity index (χ2n) is 9.27. The summed E-state index contributed by atoms with van der Waals surface area (Å²) in [6.07, 6.45) is 7.63. The van der Waals surface area contributed by atoms with E-state index in [0.717, 1.165) is 30.7 Å². The molecule has 1 fully saturated rings. The number of carbonyl (C=O) groups excluding carboxylic acids is 1. The van der Waals surface area contributed by atoms with E-state index in [-0.39, 0.29) is 12.5 Å². The standard InChI is InChI=1S/C26H38ClN3O3S2/c1-3-5-7-20(4-2)18-28-23-8-6-16-30(17-15-23)35(32,33)25-14-13-24(34-25)19-29-26(31)21-9-11-22(27)12-10-21/h9-14,20,23,28H,3-8,15-19H2,1-2H3,(H,29,31). The van der Waals surface area contributed by atoms with Crippen molar-refractivity contribution < 1.29 is 13.2 Å². The molecule has 3 rings (SSSR count). The van der Waals surface area contributed by atoms with Crippen molar-refractivity contribution in [1.29, 1.82) is 0 Å². The van der Waals surface area contributed by atoms with Crippen LogP contribution >= 0.6 is 22.9 Å². The third-order valence-electron chi connectivity index (χ3n) is 6.69. The highest BCUT2D eigenvalue weighted by atomic mass is 35.5. The minimum atomic E-state index is -3.53. The molecule has 0 spiro atoms. The molecular weight excluding hydrogens is 502 g/mol. The number of unbranched alkanes of at least 4 members (excludes halogenated alkanes) is 1. The smallest absolute Gasteiger partial charge is 0.252 e. The van der Waals surface area contributed by atoms with Gasteiger partial charge in [0.2, 0.25) is 0 Å². The number of thiophene rings is 1. The molecule has 6 nitrogen and oxygen atoms in total. The van der Waals surface area contributed by atoms with Crippen molar-refractivity contribution in [3.05, 3.63) is 51.9 Å². The molecule has 0 bridgehead atoms. The van der Waals surface area contributed by atoms with Gasteiger partial charge in [-0.25, -0.2) is 8.42 Å². The van der Waals surface area contributed by atoms with E-state index in [0.29, 0.717) is 39.8 Å². The van der Waals surface area contributed by atoms with Crippen LogP contribution in [0.2, 0.25) is 5.02 Å². The van der Waals surface area contributed by atoms with Gasteiger partial charge in [0.1, 0.15) is 4.21 Å². The quantitative estimate of drug-likeness (QED) is 0.363. The largest absolute Gasteiger partial charge is 0.347 e. The van der Waals surface area contributed by atoms with Crippen molar-refractivity contribution in [2.45, 2.75) is 75.6 Å². The normalized spacial score (nSPS) is 18.2. The van der Waals surface area contributed by atoms with Crippen molar-refractivity contribution in [1.82, 2.24) is 14.9 Å². The van der Waals surface area contributed by atoms with Crippen LogP contribution in [0.3, 0.4) is 0 Å². The fraction of sp³-hybridized carbons (Fsp3) is 0.577. The lowest BCUT2D eigenvalue weighted by Crippen LogP contribution is -2.35. The van der Waals surface area contributed by atoms with Gasteiger partial charge >= 0.3 is 0 Å². The van der Waals surface area contributed by atoms with Crippen molar-refractivity contribution in [2.24, 2.45) is 5.92 Å². The van der Waals surface area contributed by atoms with E-state index in [4.69, 9.17) is 11.6 Å². The van der Waals surface area contributed by atoms with E-state index in [2.05, 4.69) is 24.5 Å². The van der Waals surface area contributed by atoms with Crippen LogP contribution in [0.25, 0.3) is 0 Å². The first-order valence-electron chi connectivity index (χ1n) is 12.7. The Morgan fingerprint density at radius 2 is 1.91 bits per heavy atom. The average Bonchev–Trinajstić information content (AvgIpc) is 3.21. The summed E-state index contributed by atoms with van der Waals surface area (Å²) in [6, 6.07) is 10.5. The van der Waals surface area contributed by atoms with Gasteiger partial charge in [-0.3, -0.25) is 4.79 Å². The van der Waals surface area contributed by atoms with Gasteiger partial charge in [-0.1, -0.05) is 44.7 Å². The predicted molar refractivity (Wildman–Crippen MR) is 145 cm³/mol. The fourth-order valence-electron chi connectivity index (χ4n) is 4.38. The van der Waals surface area contributed by atoms with Crippen LogP contribution in [0.15, 0.2) is 40.6 Å². The zero-order chi connectivity index (χ0) is 25.3. The summed E-state index contributed by atoms with van der Waals surface area (Å²) in [5.41, 5.74) is 0.516. The second-order valence-corrected chi connectivity index (χ2v) is 13.0. The van der Waals surface area contributed by atoms with Crippen LogP contribution in [0, 0.1) is 5.92 Å². The molecule has 1 amide bonds. The van der Waals surface area contributed by atoms with Crippen molar-refractivity contribution in [2.75, 3.05) is 19.6 Å². The number of carbonyl (C=O) groups is 1. The van der Waals surface area contributed by atoms with Crippen LogP contribution in [0.4, 0.5) is 0 Å². The minimum Gasteiger partial charge on any atom is -0.347 e. The Balaban J connectivity index is 1.52. The Morgan fingerprint density at radius 3 is 2.63 bits per heavy atom. The van der Waals surface area contributed by atoms with Gasteiger partial charge in [-0.2, -0.15) is 4.31 Å². The molecule has 2 atom stereocenters. The molecule has 1 saturated heterocycles. The van der Waals surface area contributed by atoms with Gasteiger partial charge in [0, 0.05) is 34.6 Å². The lowest BCUT2D eigenvalue weighted by molar-refractivity contribution is 0.0951. The van der Waals surface area contributed by atoms with Gasteiger partial charge in [0.05, 0.1) is 6.54 Å². The maximum absolute atomic E-state index is 13.3. The second kappa shape index (κ2) is 13.7. The maximum Gasteiger partial charge on any atom is 0.252 e. The third kappa shape index (κ3) is 8.29. The average molecular weight is 540 g/mol. The van der Waals surface area contributed by atoms with Gasteiger partial charge in [-0.15, -0.1) is 11.3 Å². The van der Waals surface area contributed by atoms with E-state index < -0.39 is 10.0 Å². The van der Waals surface area contributed by atoms with E-state index in [1.54, 1.807) is 40.7 Å². The molecule has 2 unspecified atom stereocenters. The number of amides is 1. The lowest BCUT2D eigenvalue weighted by Gasteiger charge is -2.22. The first-order chi connectivity index (χ1) is 16.8. The summed E-state index contributed by atoms with van der Waals surface area (Å²) < 4.78 is 28.6. The predicted octanol–water partition coefficient (Wildman–Crippen LogP) is 5.68. The van der Waals surface area contributed by atoms with E-state index >= 15 is 0 Å². The molecule has 1 aromatic carbocycles. The van der Waals surface area contributed by atoms with Crippen LogP contribution < -0.4 is 10.6 Å². The zero-order valence-electron chi connectivity index (χ0n) is 20.8. The summed E-state index contributed by atoms with van der Waals surface area (Å²) in [7, 11) is -3.53. The molecule has 2 heterocycles. The molecule has 2 aromatic rings. The molecule has 0 aliphatic carbocycles. The number of rotatable bonds is 12. The highest BCUT2D eigenvalue weighted by molar-refractivity contribution is 7.91. The summed E-state index contributed by atoms with van der Waals surface area (Å²) in [4.78, 5) is 13.1. The molecule has 1 aliphatic heterocycles. The van der Waals surface area contributed by atoms with Gasteiger partial charge < -0.3 is 10.6 Å². The number of hydrogen-bond donors (Lipinski definition) is 2. The zero-order valence-corrected chi connectivity index (χ0v) is 23.2. The van der Waals surface area contributed by atoms with Crippen LogP contribution in [-0.2, 0) is 16.6 Å². The number of hydrogen-bond acceptors (Lipinski definition) is 5. The molecule has 35 heavy (non-hydrogen) atoms. The monoisotopic (exact) mass is 539 g/mol. The number of sulfonamides is 1. The van der Waals surface area contributed by atoms with E-state index in [1.165, 1.54) is 37.0 Å². The molecule has 194 valence electrons. The van der Waals surface area contributed by atoms with Crippen LogP contribution in [0.5, 0.6) is 0 Å². The number of nitrogens with zero attached hydrogens (tertiary/aromatic N) is 1. The van der Waals surface area contributed by atoms with E-state index in [1.807, 2.05) is 0 Å². The molecule has 1 aromatic heterocycles. The van der Waals surface area contributed by atoms with Crippen molar-refractivity contribution in [3.8, 4) is 0 Å². The number of benzene rings is 1. The Kier molecular flexibility index (Phi) is 11.0. The number of nitrogens with one attached hydrogen (secondary N) is 2. The van der Waals surface area contributed by atoms with E-state index in [9.17, 15) is 13.2 Å². The van der Waals surface area contributed by atoms with Gasteiger partial charge in [-0.05, 0) is 74.5 Å². The van der Waals surface area contributed by atoms with Crippen molar-refractivity contribution >= 4 is 38.9 Å². The lowest BCUT2D eigenvalue weighted by atomic mass is 9.98. The first-order valence-corrected chi connectivity index (χ1v) is 15.3. The Morgan fingerprint density at radius 1 is 1.14 bits per heavy atom. The number of halogens is 1. The molecule has 1 aliphatic rings. The highest BCUT2D eigenvalue weighted by Gasteiger charge is 2.29. The molecule has 0 radical (unpaired) electrons. The van der Waals surface area contributed by atoms with Crippen LogP contribution in [-0.4, -0.2) is 44.3 Å². The van der Waals surface area contributed by atoms with Crippen LogP contribution in [0.1, 0.15) is 74.0 Å². The molecule has 2 N–H and O–H groups in total. The summed E-state index contributed by atoms with van der Waals surface area (Å²) in [5, 5.41) is 7.13. The highest BCUT2D eigenvalue weighted by Crippen LogP contribution is 2.27. The van der Waals surface area contributed by atoms with Crippen molar-refractivity contribution in [3.63, 3.8) is 0 Å². The Bertz CT molecular complexity index is 1040. The Hall–Kier alpha value is -1.45. The minimum absolute atomic E-state index is 0.217. The molecule has 0 saturated carbocycles. The fourth-order valence-corrected chi connectivity index (χ4v) is 7.45. The van der Waals surface area contributed by atoms with Gasteiger partial charge in [0.15, 0.2) is 0 Å². The van der Waals surface area contributed by atoms with Gasteiger partial charge in [0.25, 0.3) is 15.9 Å². The first kappa shape index (κ1) is 28.1. The maximum atomic E-state index is 13.3. The topological polar surface area (TPSA) is 78.5 Å². The molecule has 9 heteroatoms. The SMILES string of the molecule is CCCCC(CC)CNC1CCCN(S(=O)(=O)c2ccc(CNC(=O)c3ccc(Cl)cc3)s2)CC1.